The molecule has 0 spiro atoms. The number of aryl methyl sites for hydroxylation is 3. The van der Waals surface area contributed by atoms with E-state index >= 15 is 0 Å². The summed E-state index contributed by atoms with van der Waals surface area (Å²) >= 11 is 0. The molecule has 0 saturated carbocycles. The second-order valence-corrected chi connectivity index (χ2v) is 9.09. The summed E-state index contributed by atoms with van der Waals surface area (Å²) in [6.45, 7) is 9.33. The number of aliphatic hydroxyl groups is 1. The fourth-order valence-electron chi connectivity index (χ4n) is 4.69. The number of esters is 1. The average Bonchev–Trinajstić information content (AvgIpc) is 3.09. The van der Waals surface area contributed by atoms with Gasteiger partial charge >= 0.3 is 5.97 Å². The fraction of sp³-hybridized carbons (Fsp3) is 0.233. The van der Waals surface area contributed by atoms with Gasteiger partial charge in [-0.3, -0.25) is 19.3 Å². The molecule has 1 N–H and O–H groups in total. The van der Waals surface area contributed by atoms with Crippen LogP contribution in [0, 0.1) is 20.8 Å². The first-order chi connectivity index (χ1) is 17.6. The molecule has 1 unspecified atom stereocenters. The third kappa shape index (κ3) is 5.11. The zero-order valence-electron chi connectivity index (χ0n) is 21.5. The Hall–Kier alpha value is -4.39. The van der Waals surface area contributed by atoms with Gasteiger partial charge in [0, 0.05) is 18.2 Å². The summed E-state index contributed by atoms with van der Waals surface area (Å²) in [5.41, 5.74) is 4.01. The Kier molecular flexibility index (Phi) is 7.16. The highest BCUT2D eigenvalue weighted by Gasteiger charge is 2.47. The lowest BCUT2D eigenvalue weighted by atomic mass is 9.94. The molecule has 3 aromatic carbocycles. The fourth-order valence-corrected chi connectivity index (χ4v) is 4.69. The van der Waals surface area contributed by atoms with E-state index < -0.39 is 23.7 Å². The summed E-state index contributed by atoms with van der Waals surface area (Å²) < 4.78 is 10.9. The molecular weight excluding hydrogens is 470 g/mol. The average molecular weight is 500 g/mol. The quantitative estimate of drug-likeness (QED) is 0.157. The van der Waals surface area contributed by atoms with Crippen LogP contribution >= 0.6 is 0 Å². The molecule has 1 fully saturated rings. The second-order valence-electron chi connectivity index (χ2n) is 9.09. The number of carbonyl (C=O) groups is 3. The van der Waals surface area contributed by atoms with Gasteiger partial charge in [0.05, 0.1) is 18.2 Å². The van der Waals surface area contributed by atoms with Crippen molar-refractivity contribution in [2.75, 3.05) is 11.5 Å². The summed E-state index contributed by atoms with van der Waals surface area (Å²) in [6, 6.07) is 16.4. The zero-order valence-corrected chi connectivity index (χ0v) is 21.5. The Morgan fingerprint density at radius 1 is 0.973 bits per heavy atom. The number of rotatable bonds is 6. The molecule has 1 heterocycles. The number of carbonyl (C=O) groups excluding carboxylic acids is 3. The first-order valence-corrected chi connectivity index (χ1v) is 12.0. The molecule has 190 valence electrons. The van der Waals surface area contributed by atoms with Gasteiger partial charge in [0.1, 0.15) is 17.3 Å². The van der Waals surface area contributed by atoms with E-state index in [0.717, 1.165) is 16.7 Å². The molecule has 7 nitrogen and oxygen atoms in total. The van der Waals surface area contributed by atoms with Gasteiger partial charge < -0.3 is 14.6 Å². The third-order valence-electron chi connectivity index (χ3n) is 6.11. The van der Waals surface area contributed by atoms with Crippen molar-refractivity contribution in [3.8, 4) is 11.5 Å². The first kappa shape index (κ1) is 25.7. The summed E-state index contributed by atoms with van der Waals surface area (Å²) in [4.78, 5) is 39.9. The van der Waals surface area contributed by atoms with Crippen molar-refractivity contribution in [3.05, 3.63) is 94.1 Å². The number of ether oxygens (including phenoxy) is 2. The highest BCUT2D eigenvalue weighted by Crippen LogP contribution is 2.43. The Bertz CT molecular complexity index is 1420. The SMILES string of the molecule is CCOc1ccc(/C(O)=C2\C(=O)C(=O)N(c3cc(C)cc(C)c3)C2c2cccc(OC(C)=O)c2)cc1C. The Morgan fingerprint density at radius 2 is 1.68 bits per heavy atom. The molecule has 37 heavy (non-hydrogen) atoms. The number of hydrogen-bond acceptors (Lipinski definition) is 6. The molecule has 3 aromatic rings. The number of hydrogen-bond donors (Lipinski definition) is 1. The van der Waals surface area contributed by atoms with Gasteiger partial charge in [-0.05, 0) is 92.4 Å². The summed E-state index contributed by atoms with van der Waals surface area (Å²) in [5, 5.41) is 11.4. The van der Waals surface area contributed by atoms with Crippen molar-refractivity contribution in [2.45, 2.75) is 40.7 Å². The van der Waals surface area contributed by atoms with E-state index in [1.807, 2.05) is 45.9 Å². The van der Waals surface area contributed by atoms with E-state index in [2.05, 4.69) is 0 Å². The normalized spacial score (nSPS) is 16.7. The minimum atomic E-state index is -0.941. The number of ketones is 1. The first-order valence-electron chi connectivity index (χ1n) is 12.0. The number of amides is 1. The second kappa shape index (κ2) is 10.3. The lowest BCUT2D eigenvalue weighted by Gasteiger charge is -2.26. The number of aliphatic hydroxyl groups excluding tert-OH is 1. The van der Waals surface area contributed by atoms with Crippen LogP contribution in [0.4, 0.5) is 5.69 Å². The lowest BCUT2D eigenvalue weighted by Crippen LogP contribution is -2.29. The van der Waals surface area contributed by atoms with Crippen molar-refractivity contribution in [2.24, 2.45) is 0 Å². The maximum absolute atomic E-state index is 13.5. The molecule has 1 saturated heterocycles. The zero-order chi connectivity index (χ0) is 26.9. The van der Waals surface area contributed by atoms with E-state index in [0.29, 0.717) is 29.2 Å². The van der Waals surface area contributed by atoms with Gasteiger partial charge in [0.15, 0.2) is 0 Å². The van der Waals surface area contributed by atoms with Gasteiger partial charge in [-0.2, -0.15) is 0 Å². The Balaban J connectivity index is 1.94. The van der Waals surface area contributed by atoms with Crippen LogP contribution in [-0.2, 0) is 14.4 Å². The van der Waals surface area contributed by atoms with Crippen molar-refractivity contribution in [1.29, 1.82) is 0 Å². The van der Waals surface area contributed by atoms with Crippen molar-refractivity contribution in [3.63, 3.8) is 0 Å². The number of anilines is 1. The van der Waals surface area contributed by atoms with Gasteiger partial charge in [-0.25, -0.2) is 0 Å². The van der Waals surface area contributed by atoms with Gasteiger partial charge in [0.25, 0.3) is 11.7 Å². The molecule has 4 rings (SSSR count). The Labute approximate surface area is 215 Å². The van der Waals surface area contributed by atoms with Crippen molar-refractivity contribution in [1.82, 2.24) is 0 Å². The molecule has 1 aliphatic rings. The maximum atomic E-state index is 13.5. The van der Waals surface area contributed by atoms with Crippen LogP contribution in [0.5, 0.6) is 11.5 Å². The van der Waals surface area contributed by atoms with Crippen LogP contribution in [0.1, 0.15) is 47.7 Å². The van der Waals surface area contributed by atoms with Crippen molar-refractivity contribution < 1.29 is 29.0 Å². The minimum absolute atomic E-state index is 0.0484. The van der Waals surface area contributed by atoms with Crippen LogP contribution in [0.3, 0.4) is 0 Å². The Morgan fingerprint density at radius 3 is 2.30 bits per heavy atom. The predicted molar refractivity (Wildman–Crippen MR) is 141 cm³/mol. The van der Waals surface area contributed by atoms with Crippen LogP contribution in [0.2, 0.25) is 0 Å². The lowest BCUT2D eigenvalue weighted by molar-refractivity contribution is -0.132. The van der Waals surface area contributed by atoms with Crippen LogP contribution in [-0.4, -0.2) is 29.4 Å². The summed E-state index contributed by atoms with van der Waals surface area (Å²) in [6.07, 6.45) is 0. The van der Waals surface area contributed by atoms with E-state index in [1.165, 1.54) is 11.8 Å². The van der Waals surface area contributed by atoms with Crippen molar-refractivity contribution >= 4 is 29.1 Å². The van der Waals surface area contributed by atoms with Gasteiger partial charge in [0.2, 0.25) is 0 Å². The van der Waals surface area contributed by atoms with Crippen LogP contribution in [0.15, 0.2) is 66.2 Å². The van der Waals surface area contributed by atoms with E-state index in [4.69, 9.17) is 9.47 Å². The molecule has 0 radical (unpaired) electrons. The van der Waals surface area contributed by atoms with Gasteiger partial charge in [-0.1, -0.05) is 18.2 Å². The molecule has 1 atom stereocenters. The highest BCUT2D eigenvalue weighted by molar-refractivity contribution is 6.51. The van der Waals surface area contributed by atoms with E-state index in [9.17, 15) is 19.5 Å². The monoisotopic (exact) mass is 499 g/mol. The molecule has 0 aliphatic carbocycles. The molecule has 0 bridgehead atoms. The number of nitrogens with zero attached hydrogens (tertiary/aromatic N) is 1. The largest absolute Gasteiger partial charge is 0.507 e. The van der Waals surface area contributed by atoms with E-state index in [1.54, 1.807) is 42.5 Å². The van der Waals surface area contributed by atoms with Gasteiger partial charge in [-0.15, -0.1) is 0 Å². The molecule has 1 amide bonds. The molecular formula is C30H29NO6. The van der Waals surface area contributed by atoms with E-state index in [-0.39, 0.29) is 17.1 Å². The highest BCUT2D eigenvalue weighted by atomic mass is 16.5. The third-order valence-corrected chi connectivity index (χ3v) is 6.11. The smallest absolute Gasteiger partial charge is 0.308 e. The summed E-state index contributed by atoms with van der Waals surface area (Å²) in [5.74, 6) is -1.40. The number of Topliss-reactive ketones (excluding diaryl/α,β-unsaturated/α-hetero) is 1. The standard InChI is InChI=1S/C30H29NO6/c1-6-36-25-11-10-22(15-19(25)4)28(33)26-27(21-8-7-9-24(16-21)37-20(5)32)31(30(35)29(26)34)23-13-17(2)12-18(3)14-23/h7-16,27,33H,6H2,1-5H3/b28-26+. The summed E-state index contributed by atoms with van der Waals surface area (Å²) in [7, 11) is 0. The van der Waals surface area contributed by atoms with Crippen LogP contribution in [0.25, 0.3) is 5.76 Å². The predicted octanol–water partition coefficient (Wildman–Crippen LogP) is 5.56. The van der Waals surface area contributed by atoms with Crippen LogP contribution < -0.4 is 14.4 Å². The number of benzene rings is 3. The topological polar surface area (TPSA) is 93.1 Å². The molecule has 1 aliphatic heterocycles. The minimum Gasteiger partial charge on any atom is -0.507 e. The molecule has 7 heteroatoms. The maximum Gasteiger partial charge on any atom is 0.308 e. The molecule has 0 aromatic heterocycles.